The molecule has 0 amide bonds. The molecule has 9 aromatic rings. The molecule has 59 heavy (non-hydrogen) atoms. The Morgan fingerprint density at radius 1 is 0.271 bits per heavy atom. The highest BCUT2D eigenvalue weighted by atomic mass is 15.1. The minimum atomic E-state index is -0.382. The summed E-state index contributed by atoms with van der Waals surface area (Å²) in [5, 5.41) is 0. The van der Waals surface area contributed by atoms with E-state index in [1.54, 1.807) is 0 Å². The molecule has 3 aliphatic rings. The second-order valence-electron chi connectivity index (χ2n) is 16.8. The van der Waals surface area contributed by atoms with Crippen molar-refractivity contribution < 1.29 is 0 Å². The maximum atomic E-state index is 2.48. The molecule has 0 atom stereocenters. The van der Waals surface area contributed by atoms with E-state index >= 15 is 0 Å². The van der Waals surface area contributed by atoms with E-state index in [2.05, 4.69) is 231 Å². The smallest absolute Gasteiger partial charge is 0.0725 e. The van der Waals surface area contributed by atoms with Gasteiger partial charge in [-0.1, -0.05) is 190 Å². The van der Waals surface area contributed by atoms with Gasteiger partial charge in [0.15, 0.2) is 0 Å². The molecule has 0 fully saturated rings. The van der Waals surface area contributed by atoms with Gasteiger partial charge in [0.1, 0.15) is 0 Å². The van der Waals surface area contributed by atoms with Gasteiger partial charge in [-0.15, -0.1) is 0 Å². The number of nitrogens with zero attached hydrogens (tertiary/aromatic N) is 1. The van der Waals surface area contributed by atoms with Crippen molar-refractivity contribution in [2.24, 2.45) is 0 Å². The third-order valence-electron chi connectivity index (χ3n) is 13.5. The van der Waals surface area contributed by atoms with E-state index in [4.69, 9.17) is 0 Å². The molecule has 0 unspecified atom stereocenters. The normalized spacial score (nSPS) is 14.2. The summed E-state index contributed by atoms with van der Waals surface area (Å²) in [4.78, 5) is 2.48. The summed E-state index contributed by atoms with van der Waals surface area (Å²) in [6, 6.07) is 79.1. The van der Waals surface area contributed by atoms with Crippen LogP contribution in [0.3, 0.4) is 0 Å². The molecule has 0 N–H and O–H groups in total. The Balaban J connectivity index is 1.08. The maximum Gasteiger partial charge on any atom is 0.0725 e. The number of hydrogen-bond donors (Lipinski definition) is 0. The first-order valence-corrected chi connectivity index (χ1v) is 20.8. The van der Waals surface area contributed by atoms with Crippen LogP contribution in [0, 0.1) is 0 Å². The predicted octanol–water partition coefficient (Wildman–Crippen LogP) is 15.1. The highest BCUT2D eigenvalue weighted by Gasteiger charge is 2.51. The summed E-state index contributed by atoms with van der Waals surface area (Å²) in [5.74, 6) is 0. The SMILES string of the molecule is CC1(C)c2ccccc2-c2ccc(N(c3cccc(-c4ccccc4-c4ccccc4)c3)c3ccc4c(c3)-c3ccccc3C43c4ccccc4-c4ccccc43)cc21. The van der Waals surface area contributed by atoms with E-state index < -0.39 is 0 Å². The quantitative estimate of drug-likeness (QED) is 0.169. The molecule has 3 aliphatic carbocycles. The predicted molar refractivity (Wildman–Crippen MR) is 246 cm³/mol. The van der Waals surface area contributed by atoms with Crippen molar-refractivity contribution in [2.45, 2.75) is 24.7 Å². The molecule has 0 heterocycles. The van der Waals surface area contributed by atoms with Crippen LogP contribution in [0.5, 0.6) is 0 Å². The van der Waals surface area contributed by atoms with Crippen LogP contribution in [0.15, 0.2) is 212 Å². The van der Waals surface area contributed by atoms with Crippen LogP contribution < -0.4 is 4.90 Å². The molecule has 1 spiro atoms. The van der Waals surface area contributed by atoms with E-state index in [1.165, 1.54) is 89.0 Å². The van der Waals surface area contributed by atoms with E-state index in [-0.39, 0.29) is 10.8 Å². The molecular weight excluding hydrogens is 711 g/mol. The lowest BCUT2D eigenvalue weighted by Crippen LogP contribution is -2.25. The Morgan fingerprint density at radius 3 is 1.34 bits per heavy atom. The minimum absolute atomic E-state index is 0.128. The topological polar surface area (TPSA) is 3.24 Å². The van der Waals surface area contributed by atoms with E-state index in [9.17, 15) is 0 Å². The Hall–Kier alpha value is -7.22. The number of anilines is 3. The van der Waals surface area contributed by atoms with Gasteiger partial charge in [0, 0.05) is 22.5 Å². The van der Waals surface area contributed by atoms with E-state index in [0.717, 1.165) is 17.1 Å². The van der Waals surface area contributed by atoms with Crippen LogP contribution in [-0.4, -0.2) is 0 Å². The third kappa shape index (κ3) is 4.73. The van der Waals surface area contributed by atoms with Crippen molar-refractivity contribution in [3.63, 3.8) is 0 Å². The Labute approximate surface area is 346 Å². The second-order valence-corrected chi connectivity index (χ2v) is 16.8. The molecular formula is C58H41N. The van der Waals surface area contributed by atoms with Gasteiger partial charge < -0.3 is 4.90 Å². The van der Waals surface area contributed by atoms with Gasteiger partial charge in [0.2, 0.25) is 0 Å². The lowest BCUT2D eigenvalue weighted by Gasteiger charge is -2.31. The number of fused-ring (bicyclic) bond motifs is 13. The summed E-state index contributed by atoms with van der Waals surface area (Å²) >= 11 is 0. The standard InChI is InChI=1S/C58H41N/c1-57(2)51-27-12-8-23-45(51)49-33-31-42(37-56(49)57)59(40-20-16-19-39(35-40)44-22-7-6-21-43(44)38-17-4-3-5-18-38)41-32-34-55-50(36-41)48-26-11-15-30-54(48)58(55)52-28-13-9-24-46(52)47-25-10-14-29-53(47)58/h3-37H,1-2H3. The molecule has 0 aliphatic heterocycles. The maximum absolute atomic E-state index is 2.48. The Morgan fingerprint density at radius 2 is 0.695 bits per heavy atom. The zero-order valence-electron chi connectivity index (χ0n) is 33.2. The zero-order chi connectivity index (χ0) is 39.3. The average molecular weight is 752 g/mol. The summed E-state index contributed by atoms with van der Waals surface area (Å²) in [7, 11) is 0. The van der Waals surface area contributed by atoms with Gasteiger partial charge >= 0.3 is 0 Å². The first-order chi connectivity index (χ1) is 29.0. The van der Waals surface area contributed by atoms with Gasteiger partial charge in [-0.2, -0.15) is 0 Å². The van der Waals surface area contributed by atoms with E-state index in [0.29, 0.717) is 0 Å². The second kappa shape index (κ2) is 12.6. The molecule has 0 saturated carbocycles. The summed E-state index contributed by atoms with van der Waals surface area (Å²) in [5.41, 5.74) is 23.8. The van der Waals surface area contributed by atoms with Crippen LogP contribution >= 0.6 is 0 Å². The molecule has 0 aromatic heterocycles. The fourth-order valence-electron chi connectivity index (χ4n) is 10.9. The van der Waals surface area contributed by atoms with Crippen molar-refractivity contribution in [3.8, 4) is 55.6 Å². The molecule has 1 heteroatoms. The van der Waals surface area contributed by atoms with Gasteiger partial charge in [0.25, 0.3) is 0 Å². The van der Waals surface area contributed by atoms with Crippen LogP contribution in [0.2, 0.25) is 0 Å². The van der Waals surface area contributed by atoms with Crippen LogP contribution in [0.4, 0.5) is 17.1 Å². The van der Waals surface area contributed by atoms with Gasteiger partial charge in [0.05, 0.1) is 5.41 Å². The third-order valence-corrected chi connectivity index (χ3v) is 13.5. The Kier molecular flexibility index (Phi) is 7.26. The van der Waals surface area contributed by atoms with E-state index in [1.807, 2.05) is 0 Å². The van der Waals surface area contributed by atoms with Crippen molar-refractivity contribution in [2.75, 3.05) is 4.90 Å². The monoisotopic (exact) mass is 751 g/mol. The largest absolute Gasteiger partial charge is 0.310 e. The highest BCUT2D eigenvalue weighted by molar-refractivity contribution is 5.97. The molecule has 278 valence electrons. The highest BCUT2D eigenvalue weighted by Crippen LogP contribution is 2.63. The summed E-state index contributed by atoms with van der Waals surface area (Å²) < 4.78 is 0. The van der Waals surface area contributed by atoms with Crippen LogP contribution in [-0.2, 0) is 10.8 Å². The fourth-order valence-corrected chi connectivity index (χ4v) is 10.9. The summed E-state index contributed by atoms with van der Waals surface area (Å²) in [6.07, 6.45) is 0. The van der Waals surface area contributed by atoms with Gasteiger partial charge in [-0.25, -0.2) is 0 Å². The van der Waals surface area contributed by atoms with Crippen molar-refractivity contribution in [3.05, 3.63) is 246 Å². The molecule has 1 nitrogen and oxygen atoms in total. The van der Waals surface area contributed by atoms with Crippen LogP contribution in [0.25, 0.3) is 55.6 Å². The molecule has 12 rings (SSSR count). The summed E-state index contributed by atoms with van der Waals surface area (Å²) in [6.45, 7) is 4.74. The number of hydrogen-bond acceptors (Lipinski definition) is 1. The van der Waals surface area contributed by atoms with Crippen LogP contribution in [0.1, 0.15) is 47.2 Å². The Bertz CT molecular complexity index is 3100. The number of rotatable bonds is 5. The van der Waals surface area contributed by atoms with Gasteiger partial charge in [-0.3, -0.25) is 0 Å². The lowest BCUT2D eigenvalue weighted by atomic mass is 9.70. The molecule has 9 aromatic carbocycles. The zero-order valence-corrected chi connectivity index (χ0v) is 33.2. The van der Waals surface area contributed by atoms with Gasteiger partial charge in [-0.05, 0) is 125 Å². The molecule has 0 bridgehead atoms. The molecule has 0 saturated heterocycles. The molecule has 0 radical (unpaired) electrons. The van der Waals surface area contributed by atoms with Crippen molar-refractivity contribution in [1.29, 1.82) is 0 Å². The van der Waals surface area contributed by atoms with Crippen molar-refractivity contribution in [1.82, 2.24) is 0 Å². The average Bonchev–Trinajstić information content (AvgIpc) is 3.85. The lowest BCUT2D eigenvalue weighted by molar-refractivity contribution is 0.660. The first-order valence-electron chi connectivity index (χ1n) is 20.8. The fraction of sp³-hybridized carbons (Fsp3) is 0.0690. The number of benzene rings is 9. The van der Waals surface area contributed by atoms with Crippen molar-refractivity contribution >= 4 is 17.1 Å². The minimum Gasteiger partial charge on any atom is -0.310 e. The first kappa shape index (κ1) is 33.9.